The van der Waals surface area contributed by atoms with Gasteiger partial charge < -0.3 is 26.0 Å². The van der Waals surface area contributed by atoms with Crippen LogP contribution < -0.4 is 10.6 Å². The lowest BCUT2D eigenvalue weighted by atomic mass is 10.2. The number of hydrogen-bond acceptors (Lipinski definition) is 6. The van der Waals surface area contributed by atoms with E-state index in [4.69, 9.17) is 21.1 Å². The summed E-state index contributed by atoms with van der Waals surface area (Å²) >= 11 is 0. The third-order valence-electron chi connectivity index (χ3n) is 2.24. The highest BCUT2D eigenvalue weighted by atomic mass is 16.4. The van der Waals surface area contributed by atoms with Crippen molar-refractivity contribution >= 4 is 17.5 Å². The molecule has 0 spiro atoms. The van der Waals surface area contributed by atoms with Gasteiger partial charge >= 0.3 is 5.97 Å². The molecule has 0 saturated heterocycles. The minimum Gasteiger partial charge on any atom is -0.478 e. The normalized spacial score (nSPS) is 10.2. The Hall–Kier alpha value is -1.86. The van der Waals surface area contributed by atoms with E-state index in [0.29, 0.717) is 0 Å². The maximum Gasteiger partial charge on any atom is 0.337 e. The molecule has 17 heavy (non-hydrogen) atoms. The predicted molar refractivity (Wildman–Crippen MR) is 62.0 cm³/mol. The fourth-order valence-electron chi connectivity index (χ4n) is 1.47. The maximum absolute atomic E-state index is 10.9. The van der Waals surface area contributed by atoms with Crippen molar-refractivity contribution in [1.29, 1.82) is 0 Å². The van der Waals surface area contributed by atoms with E-state index in [0.717, 1.165) is 0 Å². The lowest BCUT2D eigenvalue weighted by Gasteiger charge is -2.23. The summed E-state index contributed by atoms with van der Waals surface area (Å²) in [5.41, 5.74) is 5.68. The smallest absolute Gasteiger partial charge is 0.337 e. The number of rotatable bonds is 6. The summed E-state index contributed by atoms with van der Waals surface area (Å²) in [4.78, 5) is 16.4. The first kappa shape index (κ1) is 13.2. The summed E-state index contributed by atoms with van der Waals surface area (Å²) in [6, 6.07) is 1.30. The van der Waals surface area contributed by atoms with Crippen LogP contribution in [0.5, 0.6) is 0 Å². The Morgan fingerprint density at radius 2 is 1.94 bits per heavy atom. The van der Waals surface area contributed by atoms with E-state index in [-0.39, 0.29) is 43.4 Å². The fraction of sp³-hybridized carbons (Fsp3) is 0.400. The minimum atomic E-state index is -1.14. The van der Waals surface area contributed by atoms with Crippen LogP contribution in [0.2, 0.25) is 0 Å². The molecule has 0 aliphatic heterocycles. The number of aromatic carboxylic acids is 1. The number of carbonyl (C=O) groups is 1. The van der Waals surface area contributed by atoms with Crippen LogP contribution in [-0.4, -0.2) is 52.6 Å². The number of pyridine rings is 1. The van der Waals surface area contributed by atoms with Gasteiger partial charge in [0.15, 0.2) is 5.82 Å². The molecule has 0 aliphatic rings. The molecule has 0 radical (unpaired) electrons. The number of carboxylic acid groups (broad SMARTS) is 1. The van der Waals surface area contributed by atoms with Gasteiger partial charge in [-0.15, -0.1) is 0 Å². The van der Waals surface area contributed by atoms with Crippen LogP contribution in [0.15, 0.2) is 12.3 Å². The second-order valence-electron chi connectivity index (χ2n) is 3.34. The van der Waals surface area contributed by atoms with Crippen LogP contribution in [-0.2, 0) is 0 Å². The maximum atomic E-state index is 10.9. The summed E-state index contributed by atoms with van der Waals surface area (Å²) < 4.78 is 0. The minimum absolute atomic E-state index is 0.0295. The second-order valence-corrected chi connectivity index (χ2v) is 3.34. The fourth-order valence-corrected chi connectivity index (χ4v) is 1.47. The number of aromatic nitrogens is 1. The number of aliphatic hydroxyl groups is 2. The number of aliphatic hydroxyl groups excluding tert-OH is 2. The summed E-state index contributed by atoms with van der Waals surface area (Å²) in [6.07, 6.45) is 1.33. The van der Waals surface area contributed by atoms with Crippen LogP contribution in [0.1, 0.15) is 10.4 Å². The molecule has 5 N–H and O–H groups in total. The van der Waals surface area contributed by atoms with Crippen LogP contribution in [0.25, 0.3) is 0 Å². The summed E-state index contributed by atoms with van der Waals surface area (Å²) in [5.74, 6) is -0.882. The zero-order chi connectivity index (χ0) is 12.8. The van der Waals surface area contributed by atoms with Gasteiger partial charge in [0.2, 0.25) is 0 Å². The number of hydrogen-bond donors (Lipinski definition) is 4. The van der Waals surface area contributed by atoms with E-state index in [1.165, 1.54) is 17.2 Å². The molecule has 1 rings (SSSR count). The van der Waals surface area contributed by atoms with Crippen LogP contribution in [0.3, 0.4) is 0 Å². The Labute approximate surface area is 98.1 Å². The van der Waals surface area contributed by atoms with Gasteiger partial charge in [0.1, 0.15) is 0 Å². The molecule has 0 saturated carbocycles. The molecule has 0 atom stereocenters. The summed E-state index contributed by atoms with van der Waals surface area (Å²) in [5, 5.41) is 26.7. The SMILES string of the molecule is Nc1c(C(=O)O)ccnc1N(CCO)CCO. The van der Waals surface area contributed by atoms with E-state index in [9.17, 15) is 4.79 Å². The van der Waals surface area contributed by atoms with Gasteiger partial charge in [-0.1, -0.05) is 0 Å². The van der Waals surface area contributed by atoms with Crippen LogP contribution in [0.4, 0.5) is 11.5 Å². The lowest BCUT2D eigenvalue weighted by Crippen LogP contribution is -2.31. The molecule has 0 aliphatic carbocycles. The quantitative estimate of drug-likeness (QED) is 0.512. The molecule has 0 amide bonds. The molecule has 7 nitrogen and oxygen atoms in total. The Bertz CT molecular complexity index is 391. The van der Waals surface area contributed by atoms with Crippen LogP contribution in [0, 0.1) is 0 Å². The van der Waals surface area contributed by atoms with Gasteiger partial charge in [-0.25, -0.2) is 9.78 Å². The molecule has 0 aromatic carbocycles. The highest BCUT2D eigenvalue weighted by molar-refractivity contribution is 5.96. The Balaban J connectivity index is 3.10. The van der Waals surface area contributed by atoms with Crippen molar-refractivity contribution < 1.29 is 20.1 Å². The van der Waals surface area contributed by atoms with Crippen molar-refractivity contribution in [1.82, 2.24) is 4.98 Å². The van der Waals surface area contributed by atoms with Gasteiger partial charge in [0.25, 0.3) is 0 Å². The number of anilines is 2. The van der Waals surface area contributed by atoms with E-state index < -0.39 is 5.97 Å². The van der Waals surface area contributed by atoms with Crippen LogP contribution >= 0.6 is 0 Å². The molecule has 0 bridgehead atoms. The summed E-state index contributed by atoms with van der Waals surface area (Å²) in [6.45, 7) is 0.165. The molecular formula is C10H15N3O4. The number of nitrogen functional groups attached to an aromatic ring is 1. The van der Waals surface area contributed by atoms with Gasteiger partial charge in [0, 0.05) is 19.3 Å². The molecule has 1 aromatic heterocycles. The molecular weight excluding hydrogens is 226 g/mol. The van der Waals surface area contributed by atoms with Crippen molar-refractivity contribution in [3.05, 3.63) is 17.8 Å². The van der Waals surface area contributed by atoms with E-state index in [1.54, 1.807) is 0 Å². The van der Waals surface area contributed by atoms with Gasteiger partial charge in [-0.05, 0) is 6.07 Å². The number of carboxylic acids is 1. The third kappa shape index (κ3) is 3.05. The van der Waals surface area contributed by atoms with Gasteiger partial charge in [-0.2, -0.15) is 0 Å². The number of nitrogens with zero attached hydrogens (tertiary/aromatic N) is 2. The number of nitrogens with two attached hydrogens (primary N) is 1. The zero-order valence-corrected chi connectivity index (χ0v) is 9.20. The first-order valence-electron chi connectivity index (χ1n) is 5.06. The average Bonchev–Trinajstić information content (AvgIpc) is 2.29. The van der Waals surface area contributed by atoms with Gasteiger partial charge in [-0.3, -0.25) is 0 Å². The van der Waals surface area contributed by atoms with Crippen molar-refractivity contribution in [3.8, 4) is 0 Å². The molecule has 0 fully saturated rings. The van der Waals surface area contributed by atoms with E-state index in [1.807, 2.05) is 0 Å². The molecule has 7 heteroatoms. The zero-order valence-electron chi connectivity index (χ0n) is 9.20. The molecule has 0 unspecified atom stereocenters. The van der Waals surface area contributed by atoms with Crippen molar-refractivity contribution in [3.63, 3.8) is 0 Å². The topological polar surface area (TPSA) is 120 Å². The predicted octanol–water partition coefficient (Wildman–Crippen LogP) is -0.847. The Morgan fingerprint density at radius 1 is 1.35 bits per heavy atom. The average molecular weight is 241 g/mol. The standard InChI is InChI=1S/C10H15N3O4/c11-8-7(10(16)17)1-2-12-9(8)13(3-5-14)4-6-15/h1-2,14-15H,3-6,11H2,(H,16,17). The van der Waals surface area contributed by atoms with E-state index in [2.05, 4.69) is 4.98 Å². The highest BCUT2D eigenvalue weighted by Gasteiger charge is 2.16. The Kier molecular flexibility index (Phi) is 4.68. The monoisotopic (exact) mass is 241 g/mol. The highest BCUT2D eigenvalue weighted by Crippen LogP contribution is 2.23. The van der Waals surface area contributed by atoms with Crippen molar-refractivity contribution in [2.24, 2.45) is 0 Å². The Morgan fingerprint density at radius 3 is 2.41 bits per heavy atom. The first-order chi connectivity index (χ1) is 8.11. The summed E-state index contributed by atoms with van der Waals surface area (Å²) in [7, 11) is 0. The van der Waals surface area contributed by atoms with Crippen molar-refractivity contribution in [2.45, 2.75) is 0 Å². The third-order valence-corrected chi connectivity index (χ3v) is 2.24. The van der Waals surface area contributed by atoms with E-state index >= 15 is 0 Å². The first-order valence-corrected chi connectivity index (χ1v) is 5.06. The second kappa shape index (κ2) is 6.02. The molecule has 1 aromatic rings. The lowest BCUT2D eigenvalue weighted by molar-refractivity contribution is 0.0698. The molecule has 1 heterocycles. The largest absolute Gasteiger partial charge is 0.478 e. The molecule has 94 valence electrons. The van der Waals surface area contributed by atoms with Crippen molar-refractivity contribution in [2.75, 3.05) is 36.9 Å². The van der Waals surface area contributed by atoms with Gasteiger partial charge in [0.05, 0.1) is 24.5 Å².